The van der Waals surface area contributed by atoms with Crippen LogP contribution in [0.2, 0.25) is 19.6 Å². The number of nitrogens with one attached hydrogen (secondary N) is 1. The lowest BCUT2D eigenvalue weighted by molar-refractivity contribution is -0.142. The summed E-state index contributed by atoms with van der Waals surface area (Å²) in [5.74, 6) is -0.591. The van der Waals surface area contributed by atoms with E-state index in [1.807, 2.05) is 19.6 Å². The van der Waals surface area contributed by atoms with E-state index < -0.39 is 35.2 Å². The van der Waals surface area contributed by atoms with Gasteiger partial charge in [-0.2, -0.15) is 0 Å². The summed E-state index contributed by atoms with van der Waals surface area (Å²) >= 11 is 0. The van der Waals surface area contributed by atoms with E-state index in [2.05, 4.69) is 4.98 Å². The minimum absolute atomic E-state index is 0.106. The Balaban J connectivity index is 4.13. The van der Waals surface area contributed by atoms with E-state index in [1.54, 1.807) is 0 Å². The largest absolute Gasteiger partial charge is 0.525 e. The molecule has 15 heavy (non-hydrogen) atoms. The van der Waals surface area contributed by atoms with E-state index in [0.29, 0.717) is 0 Å². The molecule has 0 spiro atoms. The first-order valence-electron chi connectivity index (χ1n) is 5.21. The smallest absolute Gasteiger partial charge is 0.309 e. The summed E-state index contributed by atoms with van der Waals surface area (Å²) in [5.41, 5.74) is 0. The third-order valence-corrected chi connectivity index (χ3v) is 3.78. The SMILES string of the molecule is C[SiH2]N[C@@H](CC(=O)O[SiH2]C)C(=O)O[SiH2]C. The van der Waals surface area contributed by atoms with Gasteiger partial charge in [0.25, 0.3) is 5.97 Å². The average molecular weight is 265 g/mol. The zero-order chi connectivity index (χ0) is 11.7. The van der Waals surface area contributed by atoms with Gasteiger partial charge in [0.1, 0.15) is 6.04 Å². The Morgan fingerprint density at radius 3 is 2.27 bits per heavy atom. The highest BCUT2D eigenvalue weighted by Crippen LogP contribution is 1.97. The summed E-state index contributed by atoms with van der Waals surface area (Å²) in [4.78, 5) is 25.7. The van der Waals surface area contributed by atoms with Gasteiger partial charge in [0.2, 0.25) is 19.5 Å². The molecular formula is C7H19NO4Si3. The van der Waals surface area contributed by atoms with Crippen LogP contribution in [0.1, 0.15) is 6.42 Å². The quantitative estimate of drug-likeness (QED) is 0.530. The van der Waals surface area contributed by atoms with Crippen LogP contribution in [0.25, 0.3) is 0 Å². The minimum atomic E-state index is -0.756. The maximum absolute atomic E-state index is 11.4. The van der Waals surface area contributed by atoms with E-state index in [-0.39, 0.29) is 18.4 Å². The maximum atomic E-state index is 11.4. The topological polar surface area (TPSA) is 64.6 Å². The van der Waals surface area contributed by atoms with Gasteiger partial charge in [-0.3, -0.25) is 9.59 Å². The van der Waals surface area contributed by atoms with E-state index in [0.717, 1.165) is 0 Å². The van der Waals surface area contributed by atoms with Crippen molar-refractivity contribution < 1.29 is 18.4 Å². The molecule has 0 aliphatic heterocycles. The first-order valence-corrected chi connectivity index (χ1v) is 11.3. The van der Waals surface area contributed by atoms with Gasteiger partial charge in [0.15, 0.2) is 0 Å². The van der Waals surface area contributed by atoms with Gasteiger partial charge in [-0.1, -0.05) is 6.55 Å². The van der Waals surface area contributed by atoms with Crippen molar-refractivity contribution >= 4 is 41.1 Å². The van der Waals surface area contributed by atoms with Gasteiger partial charge in [-0.05, 0) is 13.1 Å². The van der Waals surface area contributed by atoms with Crippen molar-refractivity contribution in [3.63, 3.8) is 0 Å². The van der Waals surface area contributed by atoms with E-state index in [1.165, 1.54) is 0 Å². The van der Waals surface area contributed by atoms with Crippen molar-refractivity contribution in [3.05, 3.63) is 0 Å². The second-order valence-electron chi connectivity index (χ2n) is 2.87. The fourth-order valence-corrected chi connectivity index (χ4v) is 2.84. The van der Waals surface area contributed by atoms with Crippen LogP contribution in [0.3, 0.4) is 0 Å². The van der Waals surface area contributed by atoms with Crippen LogP contribution < -0.4 is 4.98 Å². The Kier molecular flexibility index (Phi) is 8.56. The van der Waals surface area contributed by atoms with Crippen molar-refractivity contribution in [2.45, 2.75) is 32.1 Å². The number of rotatable bonds is 7. The third kappa shape index (κ3) is 6.60. The van der Waals surface area contributed by atoms with E-state index >= 15 is 0 Å². The highest BCUT2D eigenvalue weighted by Gasteiger charge is 2.21. The number of carbonyl (C=O) groups is 2. The van der Waals surface area contributed by atoms with Crippen molar-refractivity contribution in [2.75, 3.05) is 0 Å². The van der Waals surface area contributed by atoms with Crippen LogP contribution in [0.4, 0.5) is 0 Å². The molecule has 0 saturated heterocycles. The van der Waals surface area contributed by atoms with Crippen LogP contribution in [0.5, 0.6) is 0 Å². The van der Waals surface area contributed by atoms with Gasteiger partial charge in [-0.15, -0.1) is 0 Å². The molecule has 5 nitrogen and oxygen atoms in total. The van der Waals surface area contributed by atoms with Crippen LogP contribution in [0, 0.1) is 0 Å². The standard InChI is InChI=1S/C7H19NO4Si3/c1-13-8-5(7(10)12-15-3)4-6(9)11-14-2/h5,8H,4,13-15H2,1-3H3/t5-/m0/s1. The number of hydrogen-bond donors (Lipinski definition) is 1. The molecule has 1 N–H and O–H groups in total. The first-order chi connectivity index (χ1) is 7.15. The van der Waals surface area contributed by atoms with Gasteiger partial charge in [0.05, 0.1) is 16.1 Å². The Morgan fingerprint density at radius 1 is 1.20 bits per heavy atom. The molecule has 0 saturated carbocycles. The Hall–Kier alpha value is -0.449. The molecule has 0 bridgehead atoms. The molecule has 88 valence electrons. The molecule has 0 aliphatic carbocycles. The molecular weight excluding hydrogens is 246 g/mol. The number of hydrogen-bond acceptors (Lipinski definition) is 5. The summed E-state index contributed by atoms with van der Waals surface area (Å²) in [5, 5.41) is 0. The molecule has 8 heteroatoms. The molecule has 0 aromatic heterocycles. The second kappa shape index (κ2) is 8.83. The van der Waals surface area contributed by atoms with Crippen LogP contribution in [-0.4, -0.2) is 47.2 Å². The molecule has 0 aromatic carbocycles. The zero-order valence-electron chi connectivity index (χ0n) is 9.54. The lowest BCUT2D eigenvalue weighted by Crippen LogP contribution is -2.41. The fraction of sp³-hybridized carbons (Fsp3) is 0.714. The van der Waals surface area contributed by atoms with E-state index in [4.69, 9.17) is 8.85 Å². The lowest BCUT2D eigenvalue weighted by Gasteiger charge is -2.15. The van der Waals surface area contributed by atoms with Gasteiger partial charge < -0.3 is 13.8 Å². The number of carbonyl (C=O) groups excluding carboxylic acids is 2. The highest BCUT2D eigenvalue weighted by atomic mass is 28.2. The zero-order valence-corrected chi connectivity index (χ0v) is 13.8. The van der Waals surface area contributed by atoms with Crippen molar-refractivity contribution in [3.8, 4) is 0 Å². The molecule has 0 aliphatic rings. The summed E-state index contributed by atoms with van der Waals surface area (Å²) in [7, 11) is -1.97. The first kappa shape index (κ1) is 14.6. The van der Waals surface area contributed by atoms with Gasteiger partial charge >= 0.3 is 5.97 Å². The highest BCUT2D eigenvalue weighted by molar-refractivity contribution is 6.32. The predicted molar refractivity (Wildman–Crippen MR) is 66.9 cm³/mol. The minimum Gasteiger partial charge on any atom is -0.525 e. The Labute approximate surface area is 97.1 Å². The molecule has 0 unspecified atom stereocenters. The normalized spacial score (nSPS) is 14.3. The Bertz CT molecular complexity index is 214. The summed E-state index contributed by atoms with van der Waals surface area (Å²) in [6.45, 7) is 5.78. The molecule has 0 amide bonds. The molecule has 0 rings (SSSR count). The predicted octanol–water partition coefficient (Wildman–Crippen LogP) is -2.18. The summed E-state index contributed by atoms with van der Waals surface area (Å²) in [6.07, 6.45) is 0.106. The van der Waals surface area contributed by atoms with Crippen molar-refractivity contribution in [1.29, 1.82) is 0 Å². The summed E-state index contributed by atoms with van der Waals surface area (Å²) in [6, 6.07) is -0.484. The molecule has 0 heterocycles. The third-order valence-electron chi connectivity index (χ3n) is 1.70. The molecule has 0 radical (unpaired) electrons. The van der Waals surface area contributed by atoms with Crippen LogP contribution >= 0.6 is 0 Å². The fourth-order valence-electron chi connectivity index (χ4n) is 1.11. The molecule has 0 fully saturated rings. The lowest BCUT2D eigenvalue weighted by atomic mass is 10.2. The van der Waals surface area contributed by atoms with E-state index in [9.17, 15) is 9.59 Å². The maximum Gasteiger partial charge on any atom is 0.309 e. The average Bonchev–Trinajstić information content (AvgIpc) is 2.18. The van der Waals surface area contributed by atoms with Gasteiger partial charge in [0, 0.05) is 0 Å². The van der Waals surface area contributed by atoms with Crippen LogP contribution in [-0.2, 0) is 18.4 Å². The summed E-state index contributed by atoms with van der Waals surface area (Å²) < 4.78 is 9.92. The molecule has 1 atom stereocenters. The molecule has 0 aromatic rings. The second-order valence-corrected chi connectivity index (χ2v) is 5.72. The van der Waals surface area contributed by atoms with Crippen LogP contribution in [0.15, 0.2) is 0 Å². The van der Waals surface area contributed by atoms with Crippen molar-refractivity contribution in [2.24, 2.45) is 0 Å². The van der Waals surface area contributed by atoms with Crippen molar-refractivity contribution in [1.82, 2.24) is 4.98 Å². The Morgan fingerprint density at radius 2 is 1.80 bits per heavy atom. The monoisotopic (exact) mass is 265 g/mol. The van der Waals surface area contributed by atoms with Gasteiger partial charge in [-0.25, -0.2) is 0 Å².